The van der Waals surface area contributed by atoms with E-state index in [1.165, 1.54) is 68.9 Å². The van der Waals surface area contributed by atoms with E-state index in [1.807, 2.05) is 32.0 Å². The normalized spacial score (nSPS) is 13.2. The molecule has 2 rings (SSSR count). The molecule has 0 heterocycles. The van der Waals surface area contributed by atoms with Crippen molar-refractivity contribution in [2.75, 3.05) is 20.7 Å². The molecule has 0 radical (unpaired) electrons. The van der Waals surface area contributed by atoms with Crippen LogP contribution in [0, 0.1) is 0 Å². The summed E-state index contributed by atoms with van der Waals surface area (Å²) in [4.78, 5) is 12.7. The van der Waals surface area contributed by atoms with E-state index < -0.39 is 0 Å². The van der Waals surface area contributed by atoms with Gasteiger partial charge < -0.3 is 14.0 Å². The first-order valence-electron chi connectivity index (χ1n) is 14.6. The first-order chi connectivity index (χ1) is 17.8. The van der Waals surface area contributed by atoms with Crippen LogP contribution >= 0.6 is 0 Å². The largest absolute Gasteiger partial charge is 0.491 e. The highest BCUT2D eigenvalue weighted by atomic mass is 16.5. The summed E-state index contributed by atoms with van der Waals surface area (Å²) in [6.07, 6.45) is 14.0. The number of nitrogens with zero attached hydrogens (tertiary/aromatic N) is 1. The van der Waals surface area contributed by atoms with E-state index in [0.29, 0.717) is 17.5 Å². The molecule has 2 unspecified atom stereocenters. The van der Waals surface area contributed by atoms with Gasteiger partial charge in [-0.1, -0.05) is 101 Å². The maximum Gasteiger partial charge on any atom is 0.364 e. The molecular formula is C33H52NO3+. The van der Waals surface area contributed by atoms with Crippen LogP contribution in [0.15, 0.2) is 54.6 Å². The van der Waals surface area contributed by atoms with E-state index in [1.54, 1.807) is 0 Å². The van der Waals surface area contributed by atoms with E-state index in [2.05, 4.69) is 57.4 Å². The number of benzene rings is 2. The number of ether oxygens (including phenoxy) is 2. The summed E-state index contributed by atoms with van der Waals surface area (Å²) in [5, 5.41) is 0. The Hall–Kier alpha value is -2.33. The molecule has 2 aromatic carbocycles. The first kappa shape index (κ1) is 30.9. The quantitative estimate of drug-likeness (QED) is 0.109. The molecular weight excluding hydrogens is 458 g/mol. The number of hydrogen-bond acceptors (Lipinski definition) is 3. The summed E-state index contributed by atoms with van der Waals surface area (Å²) in [6.45, 7) is 7.40. The zero-order valence-electron chi connectivity index (χ0n) is 24.2. The number of carbonyl (C=O) groups excluding carboxylic acids is 1. The zero-order valence-corrected chi connectivity index (χ0v) is 24.2. The van der Waals surface area contributed by atoms with Gasteiger partial charge in [-0.25, -0.2) is 4.79 Å². The Labute approximate surface area is 227 Å². The minimum absolute atomic E-state index is 0.0156. The van der Waals surface area contributed by atoms with Gasteiger partial charge in [0.15, 0.2) is 6.04 Å². The Morgan fingerprint density at radius 1 is 0.784 bits per heavy atom. The second-order valence-electron chi connectivity index (χ2n) is 11.2. The lowest BCUT2D eigenvalue weighted by Crippen LogP contribution is -2.51. The molecule has 37 heavy (non-hydrogen) atoms. The zero-order chi connectivity index (χ0) is 26.9. The predicted molar refractivity (Wildman–Crippen MR) is 155 cm³/mol. The van der Waals surface area contributed by atoms with Crippen molar-refractivity contribution in [2.24, 2.45) is 0 Å². The van der Waals surface area contributed by atoms with Crippen molar-refractivity contribution in [3.63, 3.8) is 0 Å². The first-order valence-corrected chi connectivity index (χ1v) is 14.6. The summed E-state index contributed by atoms with van der Waals surface area (Å²) in [7, 11) is 4.15. The fourth-order valence-electron chi connectivity index (χ4n) is 4.59. The van der Waals surface area contributed by atoms with Gasteiger partial charge in [-0.15, -0.1) is 0 Å². The number of hydrogen-bond donors (Lipinski definition) is 0. The molecule has 4 nitrogen and oxygen atoms in total. The molecule has 0 fully saturated rings. The fraction of sp³-hybridized carbons (Fsp3) is 0.606. The third kappa shape index (κ3) is 12.6. The third-order valence-electron chi connectivity index (χ3n) is 7.42. The molecule has 206 valence electrons. The molecule has 0 N–H and O–H groups in total. The van der Waals surface area contributed by atoms with Crippen molar-refractivity contribution in [3.8, 4) is 5.75 Å². The Morgan fingerprint density at radius 3 is 2.00 bits per heavy atom. The molecule has 0 amide bonds. The molecule has 0 saturated carbocycles. The Bertz CT molecular complexity index is 863. The lowest BCUT2D eigenvalue weighted by molar-refractivity contribution is -0.917. The average molecular weight is 511 g/mol. The van der Waals surface area contributed by atoms with Gasteiger partial charge in [0.05, 0.1) is 26.8 Å². The van der Waals surface area contributed by atoms with Crippen molar-refractivity contribution >= 4 is 5.97 Å². The van der Waals surface area contributed by atoms with Gasteiger partial charge in [0.25, 0.3) is 0 Å². The van der Waals surface area contributed by atoms with Crippen LogP contribution in [0.3, 0.4) is 0 Å². The van der Waals surface area contributed by atoms with Gasteiger partial charge in [0.1, 0.15) is 12.3 Å². The standard InChI is InChI=1S/C33H52NO3/c1-6-7-8-9-10-11-12-13-15-18-30-21-23-32(24-22-30)37-28(2)25-26-36-33(35)29(3)34(4,5)27-31-19-16-14-17-20-31/h14,16-17,19-24,28-29H,6-13,15,18,25-27H2,1-5H3/q+1. The van der Waals surface area contributed by atoms with Gasteiger partial charge in [-0.2, -0.15) is 0 Å². The Balaban J connectivity index is 1.61. The van der Waals surface area contributed by atoms with Crippen LogP contribution in [0.2, 0.25) is 0 Å². The Morgan fingerprint density at radius 2 is 1.38 bits per heavy atom. The number of unbranched alkanes of at least 4 members (excludes halogenated alkanes) is 8. The average Bonchev–Trinajstić information content (AvgIpc) is 2.88. The van der Waals surface area contributed by atoms with E-state index >= 15 is 0 Å². The van der Waals surface area contributed by atoms with Crippen LogP contribution in [0.4, 0.5) is 0 Å². The van der Waals surface area contributed by atoms with Crippen LogP contribution < -0.4 is 4.74 Å². The molecule has 0 bridgehead atoms. The highest BCUT2D eigenvalue weighted by Crippen LogP contribution is 2.18. The second kappa shape index (κ2) is 17.2. The number of carbonyl (C=O) groups is 1. The summed E-state index contributed by atoms with van der Waals surface area (Å²) >= 11 is 0. The monoisotopic (exact) mass is 510 g/mol. The minimum Gasteiger partial charge on any atom is -0.491 e. The molecule has 0 spiro atoms. The summed E-state index contributed by atoms with van der Waals surface area (Å²) in [6, 6.07) is 18.5. The van der Waals surface area contributed by atoms with Gasteiger partial charge >= 0.3 is 5.97 Å². The minimum atomic E-state index is -0.241. The highest BCUT2D eigenvalue weighted by molar-refractivity contribution is 5.74. The molecule has 0 aliphatic heterocycles. The third-order valence-corrected chi connectivity index (χ3v) is 7.42. The summed E-state index contributed by atoms with van der Waals surface area (Å²) < 4.78 is 12.2. The number of likely N-dealkylation sites (N-methyl/N-ethyl adjacent to an activating group) is 1. The highest BCUT2D eigenvalue weighted by Gasteiger charge is 2.32. The van der Waals surface area contributed by atoms with Crippen molar-refractivity contribution < 1.29 is 18.8 Å². The van der Waals surface area contributed by atoms with Crippen LogP contribution in [0.25, 0.3) is 0 Å². The SMILES string of the molecule is CCCCCCCCCCCc1ccc(OC(C)CCOC(=O)C(C)[N+](C)(C)Cc2ccccc2)cc1. The number of quaternary nitrogens is 1. The predicted octanol–water partition coefficient (Wildman–Crippen LogP) is 8.13. The molecule has 4 heteroatoms. The topological polar surface area (TPSA) is 35.5 Å². The van der Waals surface area contributed by atoms with Gasteiger partial charge in [0, 0.05) is 12.0 Å². The smallest absolute Gasteiger partial charge is 0.364 e. The summed E-state index contributed by atoms with van der Waals surface area (Å²) in [5.74, 6) is 0.720. The van der Waals surface area contributed by atoms with Crippen molar-refractivity contribution in [2.45, 2.75) is 110 Å². The number of esters is 1. The van der Waals surface area contributed by atoms with Gasteiger partial charge in [-0.3, -0.25) is 0 Å². The van der Waals surface area contributed by atoms with E-state index in [9.17, 15) is 4.79 Å². The Kier molecular flexibility index (Phi) is 14.4. The lowest BCUT2D eigenvalue weighted by Gasteiger charge is -2.34. The molecule has 0 saturated heterocycles. The van der Waals surface area contributed by atoms with Gasteiger partial charge in [0.2, 0.25) is 0 Å². The molecule has 0 aliphatic rings. The number of aryl methyl sites for hydroxylation is 1. The fourth-order valence-corrected chi connectivity index (χ4v) is 4.59. The van der Waals surface area contributed by atoms with E-state index in [0.717, 1.165) is 18.7 Å². The van der Waals surface area contributed by atoms with Crippen LogP contribution in [0.1, 0.15) is 96.1 Å². The second-order valence-corrected chi connectivity index (χ2v) is 11.2. The van der Waals surface area contributed by atoms with Crippen LogP contribution in [-0.4, -0.2) is 43.3 Å². The van der Waals surface area contributed by atoms with Crippen LogP contribution in [-0.2, 0) is 22.5 Å². The van der Waals surface area contributed by atoms with E-state index in [-0.39, 0.29) is 18.1 Å². The molecule has 2 atom stereocenters. The van der Waals surface area contributed by atoms with Crippen LogP contribution in [0.5, 0.6) is 5.75 Å². The number of rotatable bonds is 19. The maximum absolute atomic E-state index is 12.7. The lowest BCUT2D eigenvalue weighted by atomic mass is 10.0. The maximum atomic E-state index is 12.7. The van der Waals surface area contributed by atoms with E-state index in [4.69, 9.17) is 9.47 Å². The van der Waals surface area contributed by atoms with Crippen molar-refractivity contribution in [1.29, 1.82) is 0 Å². The van der Waals surface area contributed by atoms with Crippen molar-refractivity contribution in [1.82, 2.24) is 0 Å². The van der Waals surface area contributed by atoms with Gasteiger partial charge in [-0.05, 0) is 44.4 Å². The summed E-state index contributed by atoms with van der Waals surface area (Å²) in [5.41, 5.74) is 2.59. The van der Waals surface area contributed by atoms with Crippen molar-refractivity contribution in [3.05, 3.63) is 65.7 Å². The molecule has 0 aliphatic carbocycles. The molecule has 0 aromatic heterocycles. The molecule has 2 aromatic rings.